The third-order valence-corrected chi connectivity index (χ3v) is 4.29. The van der Waals surface area contributed by atoms with Gasteiger partial charge in [-0.2, -0.15) is 0 Å². The number of nitrogens with one attached hydrogen (secondary N) is 1. The van der Waals surface area contributed by atoms with Crippen LogP contribution < -0.4 is 4.72 Å². The van der Waals surface area contributed by atoms with Crippen LogP contribution in [-0.2, 0) is 16.6 Å². The van der Waals surface area contributed by atoms with Gasteiger partial charge in [-0.05, 0) is 37.0 Å². The molecule has 1 aliphatic carbocycles. The molecule has 1 aliphatic rings. The lowest BCUT2D eigenvalue weighted by atomic mass is 10.2. The Bertz CT molecular complexity index is 492. The molecule has 0 radical (unpaired) electrons. The molecule has 0 unspecified atom stereocenters. The van der Waals surface area contributed by atoms with E-state index in [9.17, 15) is 8.42 Å². The number of rotatable bonds is 4. The van der Waals surface area contributed by atoms with Crippen LogP contribution >= 0.6 is 0 Å². The summed E-state index contributed by atoms with van der Waals surface area (Å²) in [5, 5.41) is 9.00. The molecular formula is C11H15NO3S. The Morgan fingerprint density at radius 2 is 2.12 bits per heavy atom. The molecule has 0 spiro atoms. The zero-order valence-corrected chi connectivity index (χ0v) is 9.92. The molecule has 5 heteroatoms. The highest BCUT2D eigenvalue weighted by Crippen LogP contribution is 2.24. The summed E-state index contributed by atoms with van der Waals surface area (Å²) in [6.45, 7) is 1.61. The third-order valence-electron chi connectivity index (χ3n) is 2.62. The quantitative estimate of drug-likeness (QED) is 0.824. The third kappa shape index (κ3) is 2.42. The van der Waals surface area contributed by atoms with Crippen LogP contribution in [0.15, 0.2) is 23.1 Å². The Labute approximate surface area is 95.4 Å². The minimum Gasteiger partial charge on any atom is -0.392 e. The molecule has 88 valence electrons. The average Bonchev–Trinajstić information content (AvgIpc) is 3.01. The normalized spacial score (nSPS) is 16.4. The number of benzene rings is 1. The van der Waals surface area contributed by atoms with E-state index < -0.39 is 10.0 Å². The second-order valence-electron chi connectivity index (χ2n) is 4.15. The SMILES string of the molecule is Cc1ccc(CO)cc1S(=O)(=O)NC1CC1. The molecule has 2 rings (SSSR count). The molecule has 2 N–H and O–H groups in total. The first-order valence-corrected chi connectivity index (χ1v) is 6.74. The van der Waals surface area contributed by atoms with E-state index in [4.69, 9.17) is 5.11 Å². The maximum absolute atomic E-state index is 12.0. The Morgan fingerprint density at radius 3 is 2.69 bits per heavy atom. The first-order valence-electron chi connectivity index (χ1n) is 5.25. The van der Waals surface area contributed by atoms with Crippen molar-refractivity contribution in [3.8, 4) is 0 Å². The molecule has 0 heterocycles. The lowest BCUT2D eigenvalue weighted by Gasteiger charge is -2.09. The van der Waals surface area contributed by atoms with E-state index in [1.165, 1.54) is 6.07 Å². The van der Waals surface area contributed by atoms with Crippen LogP contribution in [-0.4, -0.2) is 19.6 Å². The number of aryl methyl sites for hydroxylation is 1. The minimum absolute atomic E-state index is 0.0992. The van der Waals surface area contributed by atoms with Gasteiger partial charge in [0.1, 0.15) is 0 Å². The molecule has 0 amide bonds. The van der Waals surface area contributed by atoms with Gasteiger partial charge in [-0.15, -0.1) is 0 Å². The fourth-order valence-electron chi connectivity index (χ4n) is 1.52. The van der Waals surface area contributed by atoms with Gasteiger partial charge in [0.15, 0.2) is 0 Å². The Kier molecular flexibility index (Phi) is 3.01. The van der Waals surface area contributed by atoms with E-state index in [1.807, 2.05) is 0 Å². The van der Waals surface area contributed by atoms with Crippen molar-refractivity contribution in [2.45, 2.75) is 37.3 Å². The van der Waals surface area contributed by atoms with E-state index in [1.54, 1.807) is 19.1 Å². The van der Waals surface area contributed by atoms with E-state index >= 15 is 0 Å². The van der Waals surface area contributed by atoms with E-state index in [0.29, 0.717) is 11.1 Å². The van der Waals surface area contributed by atoms with Gasteiger partial charge in [0.2, 0.25) is 10.0 Å². The topological polar surface area (TPSA) is 66.4 Å². The molecule has 0 atom stereocenters. The van der Waals surface area contributed by atoms with Crippen LogP contribution in [0.2, 0.25) is 0 Å². The monoisotopic (exact) mass is 241 g/mol. The predicted molar refractivity (Wildman–Crippen MR) is 60.4 cm³/mol. The Morgan fingerprint density at radius 1 is 1.44 bits per heavy atom. The second kappa shape index (κ2) is 4.16. The fourth-order valence-corrected chi connectivity index (χ4v) is 3.12. The van der Waals surface area contributed by atoms with Crippen LogP contribution in [0.1, 0.15) is 24.0 Å². The molecule has 0 aliphatic heterocycles. The van der Waals surface area contributed by atoms with E-state index in [2.05, 4.69) is 4.72 Å². The summed E-state index contributed by atoms with van der Waals surface area (Å²) in [5.74, 6) is 0. The molecule has 1 aromatic carbocycles. The second-order valence-corrected chi connectivity index (χ2v) is 5.84. The van der Waals surface area contributed by atoms with Gasteiger partial charge in [0, 0.05) is 6.04 Å². The minimum atomic E-state index is -3.42. The summed E-state index contributed by atoms with van der Waals surface area (Å²) in [5.41, 5.74) is 1.31. The Balaban J connectivity index is 2.36. The van der Waals surface area contributed by atoms with Crippen molar-refractivity contribution >= 4 is 10.0 Å². The maximum atomic E-state index is 12.0. The number of aliphatic hydroxyl groups is 1. The first kappa shape index (κ1) is 11.6. The van der Waals surface area contributed by atoms with Crippen molar-refractivity contribution in [3.63, 3.8) is 0 Å². The van der Waals surface area contributed by atoms with Gasteiger partial charge in [0.05, 0.1) is 11.5 Å². The van der Waals surface area contributed by atoms with E-state index in [0.717, 1.165) is 12.8 Å². The molecule has 0 bridgehead atoms. The van der Waals surface area contributed by atoms with Crippen LogP contribution in [0.5, 0.6) is 0 Å². The van der Waals surface area contributed by atoms with Gasteiger partial charge in [-0.25, -0.2) is 13.1 Å². The highest BCUT2D eigenvalue weighted by molar-refractivity contribution is 7.89. The molecule has 1 aromatic rings. The molecular weight excluding hydrogens is 226 g/mol. The van der Waals surface area contributed by atoms with Gasteiger partial charge in [-0.3, -0.25) is 0 Å². The highest BCUT2D eigenvalue weighted by atomic mass is 32.2. The lowest BCUT2D eigenvalue weighted by molar-refractivity contribution is 0.281. The van der Waals surface area contributed by atoms with Crippen LogP contribution in [0.4, 0.5) is 0 Å². The molecule has 0 saturated heterocycles. The number of aliphatic hydroxyl groups excluding tert-OH is 1. The van der Waals surface area contributed by atoms with Crippen LogP contribution in [0.25, 0.3) is 0 Å². The zero-order chi connectivity index (χ0) is 11.8. The number of hydrogen-bond donors (Lipinski definition) is 2. The van der Waals surface area contributed by atoms with Crippen molar-refractivity contribution in [1.82, 2.24) is 4.72 Å². The smallest absolute Gasteiger partial charge is 0.241 e. The van der Waals surface area contributed by atoms with Gasteiger partial charge in [-0.1, -0.05) is 12.1 Å². The summed E-state index contributed by atoms with van der Waals surface area (Å²) >= 11 is 0. The van der Waals surface area contributed by atoms with Crippen LogP contribution in [0.3, 0.4) is 0 Å². The first-order chi connectivity index (χ1) is 7.53. The van der Waals surface area contributed by atoms with Crippen molar-refractivity contribution in [2.24, 2.45) is 0 Å². The number of hydrogen-bond acceptors (Lipinski definition) is 3. The van der Waals surface area contributed by atoms with Gasteiger partial charge >= 0.3 is 0 Å². The van der Waals surface area contributed by atoms with Gasteiger partial charge < -0.3 is 5.11 Å². The average molecular weight is 241 g/mol. The summed E-state index contributed by atoms with van der Waals surface area (Å²) in [6.07, 6.45) is 1.83. The lowest BCUT2D eigenvalue weighted by Crippen LogP contribution is -2.26. The highest BCUT2D eigenvalue weighted by Gasteiger charge is 2.28. The molecule has 4 nitrogen and oxygen atoms in total. The fraction of sp³-hybridized carbons (Fsp3) is 0.455. The Hall–Kier alpha value is -0.910. The number of sulfonamides is 1. The molecule has 1 fully saturated rings. The summed E-state index contributed by atoms with van der Waals surface area (Å²) in [6, 6.07) is 5.07. The van der Waals surface area contributed by atoms with Gasteiger partial charge in [0.25, 0.3) is 0 Å². The van der Waals surface area contributed by atoms with Crippen molar-refractivity contribution in [2.75, 3.05) is 0 Å². The summed E-state index contributed by atoms with van der Waals surface area (Å²) < 4.78 is 26.6. The van der Waals surface area contributed by atoms with Crippen molar-refractivity contribution in [3.05, 3.63) is 29.3 Å². The molecule has 1 saturated carbocycles. The molecule has 0 aromatic heterocycles. The summed E-state index contributed by atoms with van der Waals surface area (Å²) in [4.78, 5) is 0.269. The van der Waals surface area contributed by atoms with Crippen molar-refractivity contribution < 1.29 is 13.5 Å². The van der Waals surface area contributed by atoms with Crippen molar-refractivity contribution in [1.29, 1.82) is 0 Å². The molecule has 16 heavy (non-hydrogen) atoms. The van der Waals surface area contributed by atoms with E-state index in [-0.39, 0.29) is 17.5 Å². The zero-order valence-electron chi connectivity index (χ0n) is 9.10. The maximum Gasteiger partial charge on any atom is 0.241 e. The largest absolute Gasteiger partial charge is 0.392 e. The van der Waals surface area contributed by atoms with Crippen LogP contribution in [0, 0.1) is 6.92 Å². The standard InChI is InChI=1S/C11H15NO3S/c1-8-2-3-9(7-13)6-11(8)16(14,15)12-10-4-5-10/h2-3,6,10,12-13H,4-5,7H2,1H3. The predicted octanol–water partition coefficient (Wildman–Crippen LogP) is 0.928. The summed E-state index contributed by atoms with van der Waals surface area (Å²) in [7, 11) is -3.42.